The normalized spacial score (nSPS) is 34.6. The van der Waals surface area contributed by atoms with Gasteiger partial charge in [0, 0.05) is 0 Å². The molecule has 1 aliphatic rings. The average Bonchev–Trinajstić information content (AvgIpc) is 2.64. The summed E-state index contributed by atoms with van der Waals surface area (Å²) in [6, 6.07) is 0. The molecule has 1 saturated heterocycles. The standard InChI is InChI=1S/C11H13FN4O4/c1-3-11(12)7(18)6(5(2)17)20-8(11)16-4-14-9(13)15-10(16)19/h1,4-8,17-18H,2H3,(H2,13,15,19)/t5-,6+,7?,8+,11?/m0/s1. The minimum Gasteiger partial charge on any atom is -0.391 e. The van der Waals surface area contributed by atoms with Gasteiger partial charge in [-0.25, -0.2) is 14.2 Å². The fraction of sp³-hybridized carbons (Fsp3) is 0.545. The molecule has 0 spiro atoms. The van der Waals surface area contributed by atoms with Gasteiger partial charge in [-0.2, -0.15) is 4.98 Å². The lowest BCUT2D eigenvalue weighted by Crippen LogP contribution is -2.45. The number of nitrogens with zero attached hydrogens (tertiary/aromatic N) is 3. The Kier molecular flexibility index (Phi) is 3.47. The van der Waals surface area contributed by atoms with E-state index < -0.39 is 35.9 Å². The highest BCUT2D eigenvalue weighted by Gasteiger charge is 2.59. The monoisotopic (exact) mass is 284 g/mol. The molecule has 2 rings (SSSR count). The Hall–Kier alpha value is -2.02. The number of hydrogen-bond donors (Lipinski definition) is 3. The largest absolute Gasteiger partial charge is 0.391 e. The molecule has 2 heterocycles. The van der Waals surface area contributed by atoms with E-state index >= 15 is 0 Å². The van der Waals surface area contributed by atoms with E-state index in [4.69, 9.17) is 16.9 Å². The highest BCUT2D eigenvalue weighted by Crippen LogP contribution is 2.41. The quantitative estimate of drug-likeness (QED) is 0.547. The van der Waals surface area contributed by atoms with Crippen molar-refractivity contribution in [1.29, 1.82) is 0 Å². The van der Waals surface area contributed by atoms with Crippen molar-refractivity contribution in [2.45, 2.75) is 37.1 Å². The molecule has 8 nitrogen and oxygen atoms in total. The zero-order valence-corrected chi connectivity index (χ0v) is 10.5. The lowest BCUT2D eigenvalue weighted by atomic mass is 9.95. The molecule has 0 radical (unpaired) electrons. The lowest BCUT2D eigenvalue weighted by Gasteiger charge is -2.23. The van der Waals surface area contributed by atoms with Gasteiger partial charge in [-0.1, -0.05) is 5.92 Å². The van der Waals surface area contributed by atoms with E-state index in [2.05, 4.69) is 9.97 Å². The first kappa shape index (κ1) is 14.4. The number of alkyl halides is 1. The number of aromatic nitrogens is 3. The summed E-state index contributed by atoms with van der Waals surface area (Å²) in [5, 5.41) is 19.3. The van der Waals surface area contributed by atoms with Crippen molar-refractivity contribution in [3.05, 3.63) is 16.8 Å². The minimum atomic E-state index is -2.70. The number of halogens is 1. The zero-order valence-electron chi connectivity index (χ0n) is 10.5. The van der Waals surface area contributed by atoms with Crippen molar-refractivity contribution in [1.82, 2.24) is 14.5 Å². The molecule has 0 saturated carbocycles. The van der Waals surface area contributed by atoms with Crippen LogP contribution < -0.4 is 11.4 Å². The number of terminal acetylenes is 1. The van der Waals surface area contributed by atoms with Crippen LogP contribution in [0, 0.1) is 12.3 Å². The maximum Gasteiger partial charge on any atom is 0.354 e. The zero-order chi connectivity index (χ0) is 15.1. The average molecular weight is 284 g/mol. The van der Waals surface area contributed by atoms with Gasteiger partial charge < -0.3 is 20.7 Å². The number of aliphatic hydroxyl groups excluding tert-OH is 2. The van der Waals surface area contributed by atoms with Gasteiger partial charge in [-0.15, -0.1) is 6.42 Å². The van der Waals surface area contributed by atoms with Gasteiger partial charge in [0.2, 0.25) is 11.6 Å². The van der Waals surface area contributed by atoms with Gasteiger partial charge in [-0.05, 0) is 6.92 Å². The van der Waals surface area contributed by atoms with E-state index in [0.717, 1.165) is 6.33 Å². The van der Waals surface area contributed by atoms with Crippen molar-refractivity contribution < 1.29 is 19.3 Å². The van der Waals surface area contributed by atoms with Crippen LogP contribution in [-0.2, 0) is 4.74 Å². The maximum absolute atomic E-state index is 14.7. The van der Waals surface area contributed by atoms with Crippen molar-refractivity contribution in [3.8, 4) is 12.3 Å². The van der Waals surface area contributed by atoms with Crippen LogP contribution in [0.3, 0.4) is 0 Å². The number of rotatable bonds is 2. The van der Waals surface area contributed by atoms with Crippen LogP contribution in [0.25, 0.3) is 0 Å². The molecule has 1 fully saturated rings. The molecule has 2 unspecified atom stereocenters. The molecule has 0 bridgehead atoms. The molecular weight excluding hydrogens is 271 g/mol. The summed E-state index contributed by atoms with van der Waals surface area (Å²) in [4.78, 5) is 18.6. The predicted molar refractivity (Wildman–Crippen MR) is 65.0 cm³/mol. The Morgan fingerprint density at radius 3 is 2.90 bits per heavy atom. The van der Waals surface area contributed by atoms with Gasteiger partial charge in [0.05, 0.1) is 6.10 Å². The number of anilines is 1. The third kappa shape index (κ3) is 2.03. The summed E-state index contributed by atoms with van der Waals surface area (Å²) in [7, 11) is 0. The molecule has 1 aliphatic heterocycles. The molecule has 4 N–H and O–H groups in total. The fourth-order valence-electron chi connectivity index (χ4n) is 2.03. The van der Waals surface area contributed by atoms with Gasteiger partial charge in [0.15, 0.2) is 6.23 Å². The molecule has 0 aliphatic carbocycles. The number of nitrogen functional groups attached to an aromatic ring is 1. The highest BCUT2D eigenvalue weighted by atomic mass is 19.1. The van der Waals surface area contributed by atoms with Crippen LogP contribution in [0.1, 0.15) is 13.2 Å². The number of ether oxygens (including phenoxy) is 1. The Labute approximate surface area is 113 Å². The van der Waals surface area contributed by atoms with Crippen LogP contribution >= 0.6 is 0 Å². The van der Waals surface area contributed by atoms with Crippen LogP contribution in [0.15, 0.2) is 11.1 Å². The Morgan fingerprint density at radius 1 is 1.75 bits per heavy atom. The van der Waals surface area contributed by atoms with E-state index in [1.807, 2.05) is 0 Å². The topological polar surface area (TPSA) is 123 Å². The van der Waals surface area contributed by atoms with Crippen LogP contribution in [0.2, 0.25) is 0 Å². The van der Waals surface area contributed by atoms with Crippen LogP contribution in [0.4, 0.5) is 10.3 Å². The van der Waals surface area contributed by atoms with E-state index in [0.29, 0.717) is 4.57 Å². The first-order valence-electron chi connectivity index (χ1n) is 5.70. The smallest absolute Gasteiger partial charge is 0.354 e. The van der Waals surface area contributed by atoms with Crippen molar-refractivity contribution >= 4 is 5.95 Å². The van der Waals surface area contributed by atoms with Gasteiger partial charge in [0.25, 0.3) is 0 Å². The van der Waals surface area contributed by atoms with E-state index in [1.165, 1.54) is 6.92 Å². The molecule has 9 heteroatoms. The molecule has 108 valence electrons. The third-order valence-corrected chi connectivity index (χ3v) is 3.08. The second kappa shape index (κ2) is 4.82. The second-order valence-corrected chi connectivity index (χ2v) is 4.46. The maximum atomic E-state index is 14.7. The summed E-state index contributed by atoms with van der Waals surface area (Å²) >= 11 is 0. The second-order valence-electron chi connectivity index (χ2n) is 4.46. The Morgan fingerprint density at radius 2 is 2.40 bits per heavy atom. The summed E-state index contributed by atoms with van der Waals surface area (Å²) in [5.74, 6) is 1.48. The highest BCUT2D eigenvalue weighted by molar-refractivity contribution is 5.20. The van der Waals surface area contributed by atoms with Gasteiger partial charge >= 0.3 is 5.69 Å². The number of aliphatic hydroxyl groups is 2. The van der Waals surface area contributed by atoms with E-state index in [-0.39, 0.29) is 5.95 Å². The Bertz CT molecular complexity index is 613. The fourth-order valence-corrected chi connectivity index (χ4v) is 2.03. The number of hydrogen-bond acceptors (Lipinski definition) is 7. The van der Waals surface area contributed by atoms with E-state index in [9.17, 15) is 19.4 Å². The SMILES string of the molecule is C#CC1(F)C(O)[C@@H]([C@H](C)O)O[C@H]1n1cnc(N)nc1=O. The van der Waals surface area contributed by atoms with E-state index in [1.54, 1.807) is 5.92 Å². The summed E-state index contributed by atoms with van der Waals surface area (Å²) < 4.78 is 20.6. The lowest BCUT2D eigenvalue weighted by molar-refractivity contribution is -0.0806. The molecule has 0 amide bonds. The summed E-state index contributed by atoms with van der Waals surface area (Å²) in [6.45, 7) is 1.30. The van der Waals surface area contributed by atoms with Gasteiger partial charge in [-0.3, -0.25) is 4.57 Å². The molecule has 1 aromatic rings. The molecule has 20 heavy (non-hydrogen) atoms. The third-order valence-electron chi connectivity index (χ3n) is 3.08. The van der Waals surface area contributed by atoms with Crippen LogP contribution in [0.5, 0.6) is 0 Å². The first-order chi connectivity index (χ1) is 9.31. The summed E-state index contributed by atoms with van der Waals surface area (Å²) in [5.41, 5.74) is 1.59. The molecule has 0 aromatic carbocycles. The number of nitrogens with two attached hydrogens (primary N) is 1. The minimum absolute atomic E-state index is 0.290. The van der Waals surface area contributed by atoms with Gasteiger partial charge in [0.1, 0.15) is 18.5 Å². The van der Waals surface area contributed by atoms with Crippen molar-refractivity contribution in [3.63, 3.8) is 0 Å². The molecule has 5 atom stereocenters. The summed E-state index contributed by atoms with van der Waals surface area (Å²) in [6.07, 6.45) is 0.0775. The first-order valence-corrected chi connectivity index (χ1v) is 5.70. The Balaban J connectivity index is 2.50. The molecule has 1 aromatic heterocycles. The molecular formula is C11H13FN4O4. The predicted octanol–water partition coefficient (Wildman–Crippen LogP) is -1.80. The van der Waals surface area contributed by atoms with Crippen LogP contribution in [-0.4, -0.2) is 48.7 Å². The van der Waals surface area contributed by atoms with Crippen molar-refractivity contribution in [2.75, 3.05) is 5.73 Å². The van der Waals surface area contributed by atoms with Crippen molar-refractivity contribution in [2.24, 2.45) is 0 Å².